The minimum Gasteiger partial charge on any atom is -0.267 e. The molecule has 0 radical (unpaired) electrons. The number of hydrogen-bond acceptors (Lipinski definition) is 4. The third kappa shape index (κ3) is 3.98. The van der Waals surface area contributed by atoms with E-state index < -0.39 is 10.8 Å². The maximum atomic E-state index is 11.9. The van der Waals surface area contributed by atoms with Crippen LogP contribution in [0, 0.1) is 17.0 Å². The van der Waals surface area contributed by atoms with E-state index in [-0.39, 0.29) is 5.69 Å². The fourth-order valence-electron chi connectivity index (χ4n) is 1.82. The zero-order valence-corrected chi connectivity index (χ0v) is 13.2. The average molecular weight is 362 g/mol. The lowest BCUT2D eigenvalue weighted by atomic mass is 10.1. The number of nitrogens with zero attached hydrogens (tertiary/aromatic N) is 2. The number of benzene rings is 2. The lowest BCUT2D eigenvalue weighted by Gasteiger charge is -2.02. The summed E-state index contributed by atoms with van der Waals surface area (Å²) in [6, 6.07) is 11.6. The van der Waals surface area contributed by atoms with Gasteiger partial charge in [-0.3, -0.25) is 14.9 Å². The second kappa shape index (κ2) is 6.95. The number of aryl methyl sites for hydroxylation is 1. The van der Waals surface area contributed by atoms with Crippen LogP contribution in [0.15, 0.2) is 52.0 Å². The van der Waals surface area contributed by atoms with Crippen LogP contribution in [-0.2, 0) is 0 Å². The third-order valence-electron chi connectivity index (χ3n) is 2.88. The summed E-state index contributed by atoms with van der Waals surface area (Å²) in [5.74, 6) is -0.427. The molecule has 0 aliphatic carbocycles. The molecular weight excluding hydrogens is 350 g/mol. The molecule has 0 bridgehead atoms. The van der Waals surface area contributed by atoms with E-state index in [1.807, 2.05) is 24.3 Å². The Morgan fingerprint density at radius 3 is 2.73 bits per heavy atom. The first kappa shape index (κ1) is 15.8. The highest BCUT2D eigenvalue weighted by Gasteiger charge is 2.13. The number of rotatable bonds is 4. The molecule has 0 saturated heterocycles. The Hall–Kier alpha value is -2.54. The molecule has 0 saturated carbocycles. The van der Waals surface area contributed by atoms with Gasteiger partial charge in [-0.05, 0) is 36.8 Å². The van der Waals surface area contributed by atoms with Crippen molar-refractivity contribution in [2.45, 2.75) is 6.92 Å². The van der Waals surface area contributed by atoms with Gasteiger partial charge in [0.15, 0.2) is 0 Å². The molecule has 0 aliphatic heterocycles. The summed E-state index contributed by atoms with van der Waals surface area (Å²) in [5, 5.41) is 14.6. The molecule has 22 heavy (non-hydrogen) atoms. The molecule has 1 amide bonds. The highest BCUT2D eigenvalue weighted by atomic mass is 79.9. The molecule has 6 nitrogen and oxygen atoms in total. The number of carbonyl (C=O) groups excluding carboxylic acids is 1. The van der Waals surface area contributed by atoms with Crippen LogP contribution in [0.2, 0.25) is 0 Å². The van der Waals surface area contributed by atoms with Crippen LogP contribution in [0.4, 0.5) is 5.69 Å². The van der Waals surface area contributed by atoms with Gasteiger partial charge in [-0.25, -0.2) is 5.43 Å². The second-order valence-corrected chi connectivity index (χ2v) is 5.43. The van der Waals surface area contributed by atoms with E-state index in [1.54, 1.807) is 6.92 Å². The van der Waals surface area contributed by atoms with Crippen LogP contribution < -0.4 is 5.43 Å². The SMILES string of the molecule is Cc1cc(C(=O)NN=Cc2cccc(Br)c2)ccc1[N+](=O)[O-]. The van der Waals surface area contributed by atoms with Gasteiger partial charge in [0.2, 0.25) is 0 Å². The minimum absolute atomic E-state index is 0.0193. The number of nitro groups is 1. The Kier molecular flexibility index (Phi) is 5.00. The van der Waals surface area contributed by atoms with Crippen molar-refractivity contribution in [2.24, 2.45) is 5.10 Å². The largest absolute Gasteiger partial charge is 0.272 e. The van der Waals surface area contributed by atoms with Crippen LogP contribution in [0.5, 0.6) is 0 Å². The van der Waals surface area contributed by atoms with E-state index in [0.717, 1.165) is 10.0 Å². The van der Waals surface area contributed by atoms with E-state index in [2.05, 4.69) is 26.5 Å². The van der Waals surface area contributed by atoms with Gasteiger partial charge >= 0.3 is 0 Å². The van der Waals surface area contributed by atoms with E-state index in [1.165, 1.54) is 24.4 Å². The van der Waals surface area contributed by atoms with Gasteiger partial charge in [-0.2, -0.15) is 5.10 Å². The molecule has 0 unspecified atom stereocenters. The molecule has 0 spiro atoms. The fraction of sp³-hybridized carbons (Fsp3) is 0.0667. The first-order valence-corrected chi connectivity index (χ1v) is 7.10. The lowest BCUT2D eigenvalue weighted by Crippen LogP contribution is -2.17. The summed E-state index contributed by atoms with van der Waals surface area (Å²) in [6.07, 6.45) is 1.51. The predicted molar refractivity (Wildman–Crippen MR) is 87.0 cm³/mol. The fourth-order valence-corrected chi connectivity index (χ4v) is 2.24. The van der Waals surface area contributed by atoms with Gasteiger partial charge in [0.1, 0.15) is 0 Å². The first-order valence-electron chi connectivity index (χ1n) is 6.31. The van der Waals surface area contributed by atoms with E-state index in [4.69, 9.17) is 0 Å². The molecule has 0 heterocycles. The van der Waals surface area contributed by atoms with E-state index >= 15 is 0 Å². The number of carbonyl (C=O) groups is 1. The summed E-state index contributed by atoms with van der Waals surface area (Å²) in [6.45, 7) is 1.58. The standard InChI is InChI=1S/C15H12BrN3O3/c1-10-7-12(5-6-14(10)19(21)22)15(20)18-17-9-11-3-2-4-13(16)8-11/h2-9H,1H3,(H,18,20). The van der Waals surface area contributed by atoms with Gasteiger partial charge in [-0.15, -0.1) is 0 Å². The summed E-state index contributed by atoms with van der Waals surface area (Å²) in [5.41, 5.74) is 3.94. The minimum atomic E-state index is -0.484. The Morgan fingerprint density at radius 2 is 2.09 bits per heavy atom. The maximum Gasteiger partial charge on any atom is 0.272 e. The molecule has 2 aromatic rings. The summed E-state index contributed by atoms with van der Waals surface area (Å²) in [4.78, 5) is 22.2. The van der Waals surface area contributed by atoms with Crippen LogP contribution in [-0.4, -0.2) is 17.0 Å². The highest BCUT2D eigenvalue weighted by Crippen LogP contribution is 2.18. The number of nitrogens with one attached hydrogen (secondary N) is 1. The van der Waals surface area contributed by atoms with Crippen molar-refractivity contribution >= 4 is 33.7 Å². The third-order valence-corrected chi connectivity index (χ3v) is 3.38. The first-order chi connectivity index (χ1) is 10.5. The molecule has 0 aliphatic rings. The average Bonchev–Trinajstić information content (AvgIpc) is 2.46. The molecule has 7 heteroatoms. The van der Waals surface area contributed by atoms with E-state index in [9.17, 15) is 14.9 Å². The van der Waals surface area contributed by atoms with Crippen molar-refractivity contribution in [3.63, 3.8) is 0 Å². The van der Waals surface area contributed by atoms with Gasteiger partial charge in [0.05, 0.1) is 11.1 Å². The highest BCUT2D eigenvalue weighted by molar-refractivity contribution is 9.10. The van der Waals surface area contributed by atoms with Gasteiger partial charge in [0.25, 0.3) is 11.6 Å². The van der Waals surface area contributed by atoms with Gasteiger partial charge < -0.3 is 0 Å². The van der Waals surface area contributed by atoms with Crippen molar-refractivity contribution < 1.29 is 9.72 Å². The zero-order valence-electron chi connectivity index (χ0n) is 11.6. The predicted octanol–water partition coefficient (Wildman–Crippen LogP) is 3.43. The summed E-state index contributed by atoms with van der Waals surface area (Å²) >= 11 is 3.34. The number of halogens is 1. The number of amides is 1. The Labute approximate surface area is 135 Å². The van der Waals surface area contributed by atoms with Crippen molar-refractivity contribution in [3.8, 4) is 0 Å². The van der Waals surface area contributed by atoms with Crippen molar-refractivity contribution in [2.75, 3.05) is 0 Å². The summed E-state index contributed by atoms with van der Waals surface area (Å²) < 4.78 is 0.911. The monoisotopic (exact) mass is 361 g/mol. The van der Waals surface area contributed by atoms with Crippen molar-refractivity contribution in [3.05, 3.63) is 73.7 Å². The van der Waals surface area contributed by atoms with Crippen molar-refractivity contribution in [1.29, 1.82) is 0 Å². The maximum absolute atomic E-state index is 11.9. The Balaban J connectivity index is 2.06. The lowest BCUT2D eigenvalue weighted by molar-refractivity contribution is -0.385. The molecule has 2 rings (SSSR count). The molecule has 1 N–H and O–H groups in total. The molecular formula is C15H12BrN3O3. The molecule has 2 aromatic carbocycles. The Morgan fingerprint density at radius 1 is 1.32 bits per heavy atom. The number of hydrazone groups is 1. The normalized spacial score (nSPS) is 10.6. The number of nitro benzene ring substituents is 1. The van der Waals surface area contributed by atoms with Crippen LogP contribution in [0.1, 0.15) is 21.5 Å². The quantitative estimate of drug-likeness (QED) is 0.514. The van der Waals surface area contributed by atoms with Crippen LogP contribution in [0.25, 0.3) is 0 Å². The van der Waals surface area contributed by atoms with E-state index in [0.29, 0.717) is 11.1 Å². The van der Waals surface area contributed by atoms with Gasteiger partial charge in [0, 0.05) is 21.7 Å². The molecule has 112 valence electrons. The van der Waals surface area contributed by atoms with Crippen molar-refractivity contribution in [1.82, 2.24) is 5.43 Å². The zero-order chi connectivity index (χ0) is 16.1. The molecule has 0 fully saturated rings. The summed E-state index contributed by atoms with van der Waals surface area (Å²) in [7, 11) is 0. The molecule has 0 atom stereocenters. The van der Waals surface area contributed by atoms with Crippen LogP contribution in [0.3, 0.4) is 0 Å². The Bertz CT molecular complexity index is 759. The van der Waals surface area contributed by atoms with Crippen LogP contribution >= 0.6 is 15.9 Å². The smallest absolute Gasteiger partial charge is 0.267 e. The topological polar surface area (TPSA) is 84.6 Å². The second-order valence-electron chi connectivity index (χ2n) is 4.51. The molecule has 0 aromatic heterocycles. The number of hydrogen-bond donors (Lipinski definition) is 1. The van der Waals surface area contributed by atoms with Gasteiger partial charge in [-0.1, -0.05) is 28.1 Å².